The Bertz CT molecular complexity index is 789. The number of carboxylic acid groups (broad SMARTS) is 1. The zero-order valence-electron chi connectivity index (χ0n) is 18.0. The van der Waals surface area contributed by atoms with E-state index in [1.54, 1.807) is 20.8 Å². The largest absolute Gasteiger partial charge is 0.480 e. The fourth-order valence-electron chi connectivity index (χ4n) is 2.38. The fraction of sp³-hybridized carbons (Fsp3) is 0.429. The molecule has 5 N–H and O–H groups in total. The predicted octanol–water partition coefficient (Wildman–Crippen LogP) is 0.543. The Kier molecular flexibility index (Phi) is 10.0. The van der Waals surface area contributed by atoms with E-state index in [-0.39, 0.29) is 19.6 Å². The second-order valence-electron chi connectivity index (χ2n) is 7.71. The van der Waals surface area contributed by atoms with Gasteiger partial charge in [-0.3, -0.25) is 14.4 Å². The number of carbonyl (C=O) groups is 4. The third-order valence-corrected chi connectivity index (χ3v) is 3.74. The summed E-state index contributed by atoms with van der Waals surface area (Å²) in [5, 5.41) is 18.9. The van der Waals surface area contributed by atoms with Crippen LogP contribution < -0.4 is 21.3 Å². The van der Waals surface area contributed by atoms with E-state index < -0.39 is 35.5 Å². The van der Waals surface area contributed by atoms with Crippen LogP contribution in [0.25, 0.3) is 0 Å². The van der Waals surface area contributed by atoms with Crippen LogP contribution in [0.15, 0.2) is 42.6 Å². The van der Waals surface area contributed by atoms with Gasteiger partial charge in [0.1, 0.15) is 18.7 Å². The number of carbonyl (C=O) groups excluding carboxylic acids is 3. The number of nitrogens with one attached hydrogen (secondary N) is 4. The van der Waals surface area contributed by atoms with Crippen LogP contribution in [0.5, 0.6) is 0 Å². The van der Waals surface area contributed by atoms with E-state index in [0.29, 0.717) is 12.1 Å². The molecule has 1 unspecified atom stereocenters. The van der Waals surface area contributed by atoms with Crippen LogP contribution in [0.1, 0.15) is 26.3 Å². The van der Waals surface area contributed by atoms with E-state index in [4.69, 9.17) is 9.84 Å². The molecule has 0 fully saturated rings. The molecule has 0 spiro atoms. The molecule has 10 heteroatoms. The van der Waals surface area contributed by atoms with E-state index in [1.165, 1.54) is 0 Å². The summed E-state index contributed by atoms with van der Waals surface area (Å²) in [6, 6.07) is 8.70. The van der Waals surface area contributed by atoms with Crippen LogP contribution in [-0.4, -0.2) is 60.3 Å². The maximum absolute atomic E-state index is 12.3. The van der Waals surface area contributed by atoms with Crippen molar-refractivity contribution in [3.8, 4) is 0 Å². The first-order valence-corrected chi connectivity index (χ1v) is 9.67. The van der Waals surface area contributed by atoms with Gasteiger partial charge in [0.25, 0.3) is 0 Å². The Morgan fingerprint density at radius 1 is 0.968 bits per heavy atom. The van der Waals surface area contributed by atoms with E-state index in [0.717, 1.165) is 5.56 Å². The van der Waals surface area contributed by atoms with Gasteiger partial charge >= 0.3 is 12.1 Å². The number of aliphatic carboxylic acids is 1. The van der Waals surface area contributed by atoms with Crippen LogP contribution in [0.3, 0.4) is 0 Å². The molecular weight excluding hydrogens is 404 g/mol. The highest BCUT2D eigenvalue weighted by Crippen LogP contribution is 2.08. The van der Waals surface area contributed by atoms with Gasteiger partial charge in [-0.2, -0.15) is 0 Å². The number of carboxylic acids is 1. The monoisotopic (exact) mass is 434 g/mol. The normalized spacial score (nSPS) is 11.6. The van der Waals surface area contributed by atoms with Crippen molar-refractivity contribution in [2.24, 2.45) is 0 Å². The molecule has 0 aliphatic rings. The van der Waals surface area contributed by atoms with E-state index >= 15 is 0 Å². The number of benzene rings is 1. The van der Waals surface area contributed by atoms with Crippen molar-refractivity contribution in [1.29, 1.82) is 0 Å². The maximum Gasteiger partial charge on any atom is 0.408 e. The van der Waals surface area contributed by atoms with E-state index in [2.05, 4.69) is 27.8 Å². The Labute approximate surface area is 181 Å². The second-order valence-corrected chi connectivity index (χ2v) is 7.71. The number of hydrogen-bond acceptors (Lipinski definition) is 6. The van der Waals surface area contributed by atoms with E-state index in [9.17, 15) is 19.2 Å². The van der Waals surface area contributed by atoms with Gasteiger partial charge in [0.2, 0.25) is 11.8 Å². The fourth-order valence-corrected chi connectivity index (χ4v) is 2.38. The lowest BCUT2D eigenvalue weighted by molar-refractivity contribution is -0.135. The summed E-state index contributed by atoms with van der Waals surface area (Å²) in [7, 11) is 0. The van der Waals surface area contributed by atoms with Gasteiger partial charge in [0, 0.05) is 5.70 Å². The number of alkyl carbamates (subject to hydrolysis) is 1. The first-order valence-electron chi connectivity index (χ1n) is 9.67. The molecule has 0 bridgehead atoms. The smallest absolute Gasteiger partial charge is 0.408 e. The van der Waals surface area contributed by atoms with Crippen LogP contribution in [0, 0.1) is 0 Å². The molecule has 0 aliphatic heterocycles. The molecule has 1 atom stereocenters. The molecule has 10 nitrogen and oxygen atoms in total. The lowest BCUT2D eigenvalue weighted by Crippen LogP contribution is -2.47. The van der Waals surface area contributed by atoms with Gasteiger partial charge in [-0.15, -0.1) is 0 Å². The minimum absolute atomic E-state index is 0.327. The quantitative estimate of drug-likeness (QED) is 0.342. The molecule has 3 amide bonds. The highest BCUT2D eigenvalue weighted by Gasteiger charge is 2.19. The third kappa shape index (κ3) is 11.9. The average molecular weight is 434 g/mol. The summed E-state index contributed by atoms with van der Waals surface area (Å²) in [6.45, 7) is 7.89. The number of amides is 3. The molecule has 0 saturated heterocycles. The third-order valence-electron chi connectivity index (χ3n) is 3.74. The summed E-state index contributed by atoms with van der Waals surface area (Å²) in [6.07, 6.45) is -0.359. The molecule has 1 aromatic carbocycles. The van der Waals surface area contributed by atoms with Crippen molar-refractivity contribution in [2.45, 2.75) is 38.8 Å². The van der Waals surface area contributed by atoms with Gasteiger partial charge in [0.15, 0.2) is 0 Å². The van der Waals surface area contributed by atoms with E-state index in [1.807, 2.05) is 30.3 Å². The second kappa shape index (κ2) is 12.2. The minimum atomic E-state index is -1.06. The Morgan fingerprint density at radius 3 is 2.16 bits per heavy atom. The van der Waals surface area contributed by atoms with Crippen LogP contribution in [-0.2, 0) is 25.5 Å². The summed E-state index contributed by atoms with van der Waals surface area (Å²) in [5.41, 5.74) is 0.555. The Morgan fingerprint density at radius 2 is 1.58 bits per heavy atom. The van der Waals surface area contributed by atoms with Crippen molar-refractivity contribution in [2.75, 3.05) is 19.6 Å². The molecule has 170 valence electrons. The summed E-state index contributed by atoms with van der Waals surface area (Å²) >= 11 is 0. The molecule has 31 heavy (non-hydrogen) atoms. The summed E-state index contributed by atoms with van der Waals surface area (Å²) in [4.78, 5) is 46.5. The van der Waals surface area contributed by atoms with Crippen molar-refractivity contribution in [3.05, 3.63) is 48.2 Å². The molecule has 1 aromatic rings. The van der Waals surface area contributed by atoms with Gasteiger partial charge in [0.05, 0.1) is 12.6 Å². The van der Waals surface area contributed by atoms with Crippen molar-refractivity contribution >= 4 is 23.9 Å². The highest BCUT2D eigenvalue weighted by molar-refractivity contribution is 5.87. The molecule has 1 rings (SSSR count). The van der Waals surface area contributed by atoms with Crippen molar-refractivity contribution in [1.82, 2.24) is 21.3 Å². The van der Waals surface area contributed by atoms with Crippen LogP contribution >= 0.6 is 0 Å². The highest BCUT2D eigenvalue weighted by atomic mass is 16.6. The summed E-state index contributed by atoms with van der Waals surface area (Å²) in [5.74, 6) is -2.12. The molecule has 0 aromatic heterocycles. The van der Waals surface area contributed by atoms with Crippen LogP contribution in [0.4, 0.5) is 4.79 Å². The predicted molar refractivity (Wildman–Crippen MR) is 114 cm³/mol. The van der Waals surface area contributed by atoms with Crippen molar-refractivity contribution in [3.63, 3.8) is 0 Å². The van der Waals surface area contributed by atoms with Crippen molar-refractivity contribution < 1.29 is 29.0 Å². The average Bonchev–Trinajstić information content (AvgIpc) is 2.68. The first-order chi connectivity index (χ1) is 14.5. The zero-order chi connectivity index (χ0) is 23.4. The van der Waals surface area contributed by atoms with Gasteiger partial charge < -0.3 is 31.1 Å². The summed E-state index contributed by atoms with van der Waals surface area (Å²) < 4.78 is 5.02. The SMILES string of the molecule is C=C(NCC(=O)O)C(Cc1ccccc1)NC(=O)CNC(=O)CNC(=O)OC(C)(C)C. The first kappa shape index (κ1) is 25.5. The van der Waals surface area contributed by atoms with Crippen LogP contribution in [0.2, 0.25) is 0 Å². The molecular formula is C21H30N4O6. The molecule has 0 aliphatic carbocycles. The molecule has 0 radical (unpaired) electrons. The molecule has 0 saturated carbocycles. The number of hydrogen-bond donors (Lipinski definition) is 5. The standard InChI is InChI=1S/C21H30N4O6/c1-14(22-13-19(28)29)16(10-15-8-6-5-7-9-15)25-18(27)12-23-17(26)11-24-20(30)31-21(2,3)4/h5-9,16,22H,1,10-13H2,2-4H3,(H,23,26)(H,24,30)(H,25,27)(H,28,29). The van der Waals surface area contributed by atoms with Gasteiger partial charge in [-0.25, -0.2) is 4.79 Å². The number of ether oxygens (including phenoxy) is 1. The number of rotatable bonds is 11. The topological polar surface area (TPSA) is 146 Å². The lowest BCUT2D eigenvalue weighted by Gasteiger charge is -2.22. The Hall–Kier alpha value is -3.56. The Balaban J connectivity index is 2.55. The maximum atomic E-state index is 12.3. The van der Waals surface area contributed by atoms with Gasteiger partial charge in [-0.1, -0.05) is 36.9 Å². The minimum Gasteiger partial charge on any atom is -0.480 e. The molecule has 0 heterocycles. The van der Waals surface area contributed by atoms with Gasteiger partial charge in [-0.05, 0) is 32.8 Å². The zero-order valence-corrected chi connectivity index (χ0v) is 18.0. The lowest BCUT2D eigenvalue weighted by atomic mass is 10.0.